The van der Waals surface area contributed by atoms with Gasteiger partial charge in [-0.25, -0.2) is 4.98 Å². The Hall–Kier alpha value is -1.85. The first-order chi connectivity index (χ1) is 10.8. The highest BCUT2D eigenvalue weighted by Gasteiger charge is 2.20. The second-order valence-electron chi connectivity index (χ2n) is 5.43. The van der Waals surface area contributed by atoms with Gasteiger partial charge in [-0.15, -0.1) is 12.4 Å². The maximum atomic E-state index is 11.5. The summed E-state index contributed by atoms with van der Waals surface area (Å²) in [5, 5.41) is 1.16. The van der Waals surface area contributed by atoms with Crippen LogP contribution in [0.3, 0.4) is 0 Å². The molecule has 0 N–H and O–H groups in total. The normalized spacial score (nSPS) is 15.3. The molecule has 0 spiro atoms. The lowest BCUT2D eigenvalue weighted by atomic mass is 10.2. The zero-order valence-corrected chi connectivity index (χ0v) is 14.1. The van der Waals surface area contributed by atoms with Gasteiger partial charge in [0, 0.05) is 31.6 Å². The summed E-state index contributed by atoms with van der Waals surface area (Å²) in [6, 6.07) is 12.3. The second-order valence-corrected chi connectivity index (χ2v) is 5.43. The largest absolute Gasteiger partial charge is 0.465 e. The van der Waals surface area contributed by atoms with Gasteiger partial charge in [0.1, 0.15) is 5.82 Å². The number of hydrogen-bond acceptors (Lipinski definition) is 5. The molecule has 0 bridgehead atoms. The molecule has 1 aromatic heterocycles. The van der Waals surface area contributed by atoms with Crippen molar-refractivity contribution in [3.8, 4) is 0 Å². The van der Waals surface area contributed by atoms with Crippen LogP contribution in [0.5, 0.6) is 0 Å². The number of aromatic nitrogens is 1. The van der Waals surface area contributed by atoms with E-state index in [9.17, 15) is 4.79 Å². The van der Waals surface area contributed by atoms with Crippen LogP contribution in [0.2, 0.25) is 0 Å². The first-order valence-electron chi connectivity index (χ1n) is 7.75. The van der Waals surface area contributed by atoms with Crippen molar-refractivity contribution < 1.29 is 9.53 Å². The van der Waals surface area contributed by atoms with Gasteiger partial charge in [-0.1, -0.05) is 18.2 Å². The molecule has 1 aromatic carbocycles. The zero-order chi connectivity index (χ0) is 15.4. The van der Waals surface area contributed by atoms with Crippen LogP contribution in [-0.2, 0) is 9.53 Å². The number of carbonyl (C=O) groups is 1. The lowest BCUT2D eigenvalue weighted by molar-refractivity contribution is -0.144. The van der Waals surface area contributed by atoms with Crippen molar-refractivity contribution >= 4 is 35.1 Å². The zero-order valence-electron chi connectivity index (χ0n) is 13.3. The number of ether oxygens (including phenoxy) is 1. The standard InChI is InChI=1S/C17H21N3O2.ClH/c1-2-22-17(21)13-19-9-11-20(12-10-19)16-8-7-14-5-3-4-6-15(14)18-16;/h3-8H,2,9-13H2,1H3;1H. The number of esters is 1. The van der Waals surface area contributed by atoms with E-state index in [4.69, 9.17) is 9.72 Å². The van der Waals surface area contributed by atoms with E-state index in [0.717, 1.165) is 42.9 Å². The van der Waals surface area contributed by atoms with Gasteiger partial charge < -0.3 is 9.64 Å². The maximum absolute atomic E-state index is 11.5. The van der Waals surface area contributed by atoms with E-state index in [1.807, 2.05) is 25.1 Å². The molecule has 0 amide bonds. The van der Waals surface area contributed by atoms with Crippen LogP contribution >= 0.6 is 12.4 Å². The minimum absolute atomic E-state index is 0. The predicted molar refractivity (Wildman–Crippen MR) is 94.3 cm³/mol. The molecule has 0 saturated carbocycles. The molecule has 3 rings (SSSR count). The lowest BCUT2D eigenvalue weighted by Crippen LogP contribution is -2.48. The minimum atomic E-state index is -0.139. The van der Waals surface area contributed by atoms with E-state index in [1.54, 1.807) is 0 Å². The number of halogens is 1. The van der Waals surface area contributed by atoms with Gasteiger partial charge in [0.2, 0.25) is 0 Å². The van der Waals surface area contributed by atoms with Crippen molar-refractivity contribution in [2.45, 2.75) is 6.92 Å². The Morgan fingerprint density at radius 1 is 1.13 bits per heavy atom. The number of hydrogen-bond donors (Lipinski definition) is 0. The molecule has 1 aliphatic heterocycles. The highest BCUT2D eigenvalue weighted by Crippen LogP contribution is 2.19. The first-order valence-corrected chi connectivity index (χ1v) is 7.75. The maximum Gasteiger partial charge on any atom is 0.320 e. The summed E-state index contributed by atoms with van der Waals surface area (Å²) >= 11 is 0. The molecule has 0 atom stereocenters. The third-order valence-electron chi connectivity index (χ3n) is 3.94. The molecule has 23 heavy (non-hydrogen) atoms. The van der Waals surface area contributed by atoms with E-state index >= 15 is 0 Å². The van der Waals surface area contributed by atoms with Gasteiger partial charge in [-0.3, -0.25) is 9.69 Å². The van der Waals surface area contributed by atoms with Crippen LogP contribution < -0.4 is 4.90 Å². The van der Waals surface area contributed by atoms with E-state index in [2.05, 4.69) is 28.0 Å². The number of pyridine rings is 1. The molecule has 5 nitrogen and oxygen atoms in total. The average Bonchev–Trinajstić information content (AvgIpc) is 2.55. The summed E-state index contributed by atoms with van der Waals surface area (Å²) in [6.45, 7) is 6.13. The van der Waals surface area contributed by atoms with Gasteiger partial charge in [0.25, 0.3) is 0 Å². The molecule has 0 unspecified atom stereocenters. The van der Waals surface area contributed by atoms with Crippen molar-refractivity contribution in [3.63, 3.8) is 0 Å². The van der Waals surface area contributed by atoms with Crippen LogP contribution in [0.1, 0.15) is 6.92 Å². The summed E-state index contributed by atoms with van der Waals surface area (Å²) in [7, 11) is 0. The number of piperazine rings is 1. The van der Waals surface area contributed by atoms with Crippen molar-refractivity contribution in [2.24, 2.45) is 0 Å². The number of para-hydroxylation sites is 1. The fourth-order valence-corrected chi connectivity index (χ4v) is 2.76. The fourth-order valence-electron chi connectivity index (χ4n) is 2.76. The third-order valence-corrected chi connectivity index (χ3v) is 3.94. The van der Waals surface area contributed by atoms with Gasteiger partial charge in [0.05, 0.1) is 18.7 Å². The summed E-state index contributed by atoms with van der Waals surface area (Å²) in [6.07, 6.45) is 0. The molecule has 2 aromatic rings. The molecular formula is C17H22ClN3O2. The highest BCUT2D eigenvalue weighted by atomic mass is 35.5. The Bertz CT molecular complexity index is 657. The molecule has 124 valence electrons. The summed E-state index contributed by atoms with van der Waals surface area (Å²) in [5.74, 6) is 0.870. The predicted octanol–water partition coefficient (Wildman–Crippen LogP) is 2.34. The topological polar surface area (TPSA) is 45.7 Å². The quantitative estimate of drug-likeness (QED) is 0.803. The van der Waals surface area contributed by atoms with Gasteiger partial charge in [-0.2, -0.15) is 0 Å². The van der Waals surface area contributed by atoms with Crippen molar-refractivity contribution in [1.82, 2.24) is 9.88 Å². The van der Waals surface area contributed by atoms with Crippen LogP contribution in [0.15, 0.2) is 36.4 Å². The Morgan fingerprint density at radius 3 is 2.61 bits per heavy atom. The van der Waals surface area contributed by atoms with Crippen LogP contribution in [-0.4, -0.2) is 55.2 Å². The molecule has 2 heterocycles. The Balaban J connectivity index is 0.00000192. The average molecular weight is 336 g/mol. The molecule has 6 heteroatoms. The number of nitrogens with zero attached hydrogens (tertiary/aromatic N) is 3. The Morgan fingerprint density at radius 2 is 1.87 bits per heavy atom. The Kier molecular flexibility index (Phi) is 6.19. The lowest BCUT2D eigenvalue weighted by Gasteiger charge is -2.34. The van der Waals surface area contributed by atoms with Gasteiger partial charge >= 0.3 is 5.97 Å². The number of benzene rings is 1. The molecule has 0 radical (unpaired) electrons. The number of rotatable bonds is 4. The molecule has 1 fully saturated rings. The highest BCUT2D eigenvalue weighted by molar-refractivity contribution is 5.85. The van der Waals surface area contributed by atoms with Gasteiger partial charge in [0.15, 0.2) is 0 Å². The van der Waals surface area contributed by atoms with E-state index in [1.165, 1.54) is 0 Å². The van der Waals surface area contributed by atoms with E-state index < -0.39 is 0 Å². The summed E-state index contributed by atoms with van der Waals surface area (Å²) in [5.41, 5.74) is 1.02. The monoisotopic (exact) mass is 335 g/mol. The van der Waals surface area contributed by atoms with Crippen molar-refractivity contribution in [2.75, 3.05) is 44.2 Å². The smallest absolute Gasteiger partial charge is 0.320 e. The van der Waals surface area contributed by atoms with Crippen LogP contribution in [0.4, 0.5) is 5.82 Å². The second kappa shape index (κ2) is 8.13. The Labute approximate surface area is 142 Å². The number of fused-ring (bicyclic) bond motifs is 1. The summed E-state index contributed by atoms with van der Waals surface area (Å²) < 4.78 is 5.00. The van der Waals surface area contributed by atoms with Crippen molar-refractivity contribution in [1.29, 1.82) is 0 Å². The first kappa shape index (κ1) is 17.5. The summed E-state index contributed by atoms with van der Waals surface area (Å²) in [4.78, 5) is 20.7. The molecule has 0 aliphatic carbocycles. The van der Waals surface area contributed by atoms with Crippen LogP contribution in [0, 0.1) is 0 Å². The molecule has 1 aliphatic rings. The SMILES string of the molecule is CCOC(=O)CN1CCN(c2ccc3ccccc3n2)CC1.Cl. The number of anilines is 1. The molecular weight excluding hydrogens is 314 g/mol. The third kappa shape index (κ3) is 4.33. The fraction of sp³-hybridized carbons (Fsp3) is 0.412. The van der Waals surface area contributed by atoms with Crippen LogP contribution in [0.25, 0.3) is 10.9 Å². The number of carbonyl (C=O) groups excluding carboxylic acids is 1. The van der Waals surface area contributed by atoms with E-state index in [-0.39, 0.29) is 18.4 Å². The van der Waals surface area contributed by atoms with E-state index in [0.29, 0.717) is 13.2 Å². The minimum Gasteiger partial charge on any atom is -0.465 e. The molecule has 1 saturated heterocycles. The van der Waals surface area contributed by atoms with Crippen molar-refractivity contribution in [3.05, 3.63) is 36.4 Å². The van der Waals surface area contributed by atoms with Gasteiger partial charge in [-0.05, 0) is 25.1 Å².